The Morgan fingerprint density at radius 2 is 1.96 bits per heavy atom. The van der Waals surface area contributed by atoms with Crippen molar-refractivity contribution in [1.29, 1.82) is 0 Å². The van der Waals surface area contributed by atoms with Crippen LogP contribution in [0.2, 0.25) is 0 Å². The summed E-state index contributed by atoms with van der Waals surface area (Å²) in [6, 6.07) is 13.1. The lowest BCUT2D eigenvalue weighted by Crippen LogP contribution is -2.41. The minimum absolute atomic E-state index is 0.148. The largest absolute Gasteiger partial charge is 0.508 e. The number of phenols is 1. The number of benzene rings is 2. The Morgan fingerprint density at radius 1 is 1.21 bits per heavy atom. The van der Waals surface area contributed by atoms with Crippen LogP contribution in [0.5, 0.6) is 23.1 Å². The van der Waals surface area contributed by atoms with Crippen LogP contribution in [0.4, 0.5) is 5.82 Å². The van der Waals surface area contributed by atoms with Gasteiger partial charge in [0.05, 0.1) is 19.6 Å². The van der Waals surface area contributed by atoms with Crippen molar-refractivity contribution >= 4 is 5.82 Å². The predicted octanol–water partition coefficient (Wildman–Crippen LogP) is 3.61. The third kappa shape index (κ3) is 3.11. The molecule has 0 amide bonds. The highest BCUT2D eigenvalue weighted by atomic mass is 16.5. The van der Waals surface area contributed by atoms with Crippen LogP contribution in [-0.4, -0.2) is 17.2 Å². The van der Waals surface area contributed by atoms with Crippen molar-refractivity contribution in [3.63, 3.8) is 0 Å². The van der Waals surface area contributed by atoms with Gasteiger partial charge >= 0.3 is 5.88 Å². The van der Waals surface area contributed by atoms with Gasteiger partial charge in [-0.2, -0.15) is 0 Å². The molecule has 3 N–H and O–H groups in total. The molecule has 6 heteroatoms. The number of fused-ring (bicyclic) bond motifs is 2. The van der Waals surface area contributed by atoms with Crippen molar-refractivity contribution in [2.45, 2.75) is 26.3 Å². The van der Waals surface area contributed by atoms with Crippen molar-refractivity contribution in [2.24, 2.45) is 5.92 Å². The van der Waals surface area contributed by atoms with Gasteiger partial charge in [0.2, 0.25) is 12.1 Å². The molecule has 0 saturated heterocycles. The van der Waals surface area contributed by atoms with E-state index in [1.54, 1.807) is 25.6 Å². The van der Waals surface area contributed by atoms with Gasteiger partial charge in [0.1, 0.15) is 22.8 Å². The molecule has 0 radical (unpaired) electrons. The Balaban J connectivity index is 1.92. The third-order valence-corrected chi connectivity index (χ3v) is 4.94. The van der Waals surface area contributed by atoms with E-state index in [0.717, 1.165) is 29.0 Å². The maximum Gasteiger partial charge on any atom is 0.306 e. The van der Waals surface area contributed by atoms with Gasteiger partial charge in [-0.05, 0) is 29.7 Å². The van der Waals surface area contributed by atoms with Crippen LogP contribution in [0.25, 0.3) is 0 Å². The molecule has 28 heavy (non-hydrogen) atoms. The summed E-state index contributed by atoms with van der Waals surface area (Å²) in [5, 5.41) is 9.91. The molecule has 2 heterocycles. The summed E-state index contributed by atoms with van der Waals surface area (Å²) in [4.78, 5) is 4.53. The lowest BCUT2D eigenvalue weighted by Gasteiger charge is -2.27. The fourth-order valence-electron chi connectivity index (χ4n) is 3.66. The number of rotatable bonds is 4. The lowest BCUT2D eigenvalue weighted by molar-refractivity contribution is -0.691. The van der Waals surface area contributed by atoms with Gasteiger partial charge in [0.15, 0.2) is 0 Å². The number of anilines is 1. The van der Waals surface area contributed by atoms with E-state index in [2.05, 4.69) is 18.8 Å². The number of phenolic OH excluding ortho intramolecular Hbond substituents is 1. The van der Waals surface area contributed by atoms with Crippen LogP contribution in [0.1, 0.15) is 36.5 Å². The molecule has 144 valence electrons. The summed E-state index contributed by atoms with van der Waals surface area (Å²) in [5.41, 5.74) is 9.42. The molecule has 0 saturated carbocycles. The molecule has 0 fully saturated rings. The average molecular weight is 378 g/mol. The summed E-state index contributed by atoms with van der Waals surface area (Å²) in [5.74, 6) is 2.90. The molecule has 6 nitrogen and oxygen atoms in total. The first-order chi connectivity index (χ1) is 13.5. The van der Waals surface area contributed by atoms with E-state index in [9.17, 15) is 5.11 Å². The average Bonchev–Trinajstić information content (AvgIpc) is 2.68. The van der Waals surface area contributed by atoms with Gasteiger partial charge in [0.25, 0.3) is 0 Å². The molecule has 1 aromatic heterocycles. The monoisotopic (exact) mass is 378 g/mol. The zero-order valence-corrected chi connectivity index (χ0v) is 16.2. The Labute approximate surface area is 164 Å². The van der Waals surface area contributed by atoms with Crippen LogP contribution in [0, 0.1) is 5.92 Å². The number of nitrogens with zero attached hydrogens (tertiary/aromatic N) is 2. The molecule has 3 aromatic rings. The summed E-state index contributed by atoms with van der Waals surface area (Å²) < 4.78 is 13.3. The van der Waals surface area contributed by atoms with Gasteiger partial charge in [-0.15, -0.1) is 0 Å². The fraction of sp³-hybridized carbons (Fsp3) is 0.273. The van der Waals surface area contributed by atoms with Gasteiger partial charge in [-0.25, -0.2) is 4.57 Å². The second-order valence-electron chi connectivity index (χ2n) is 7.43. The quantitative estimate of drug-likeness (QED) is 0.530. The zero-order valence-electron chi connectivity index (χ0n) is 16.2. The second kappa shape index (κ2) is 7.03. The minimum Gasteiger partial charge on any atom is -0.508 e. The molecule has 0 aliphatic carbocycles. The van der Waals surface area contributed by atoms with E-state index in [1.165, 1.54) is 0 Å². The first-order valence-corrected chi connectivity index (χ1v) is 9.30. The molecular weight excluding hydrogens is 354 g/mol. The van der Waals surface area contributed by atoms with E-state index in [4.69, 9.17) is 15.2 Å². The summed E-state index contributed by atoms with van der Waals surface area (Å²) in [6.07, 6.45) is 1.72. The number of nitrogen functional groups attached to an aromatic ring is 1. The maximum atomic E-state index is 9.91. The number of hydrogen-bond acceptors (Lipinski definition) is 5. The van der Waals surface area contributed by atoms with Crippen molar-refractivity contribution in [3.05, 3.63) is 65.5 Å². The van der Waals surface area contributed by atoms with Crippen LogP contribution < -0.4 is 19.8 Å². The fourth-order valence-corrected chi connectivity index (χ4v) is 3.66. The standard InChI is InChI=1S/C22H23N3O3/c1-13(2)11-25-12-24-22-20(21(25)23)19(14-4-7-16(27-3)8-5-14)17-9-6-15(26)10-18(17)28-22/h4-10,12-13,19,23,26H,11H2,1-3H3/p+1/t19-/m1/s1. The van der Waals surface area contributed by atoms with Crippen molar-refractivity contribution in [1.82, 2.24) is 4.98 Å². The van der Waals surface area contributed by atoms with Crippen LogP contribution in [0.3, 0.4) is 0 Å². The molecule has 1 aliphatic heterocycles. The van der Waals surface area contributed by atoms with E-state index in [0.29, 0.717) is 23.4 Å². The van der Waals surface area contributed by atoms with E-state index in [1.807, 2.05) is 34.9 Å². The van der Waals surface area contributed by atoms with Crippen LogP contribution >= 0.6 is 0 Å². The first-order valence-electron chi connectivity index (χ1n) is 9.30. The van der Waals surface area contributed by atoms with E-state index in [-0.39, 0.29) is 11.7 Å². The molecule has 4 rings (SSSR count). The van der Waals surface area contributed by atoms with Crippen molar-refractivity contribution in [3.8, 4) is 23.1 Å². The van der Waals surface area contributed by atoms with E-state index >= 15 is 0 Å². The summed E-state index contributed by atoms with van der Waals surface area (Å²) >= 11 is 0. The molecule has 1 atom stereocenters. The van der Waals surface area contributed by atoms with Gasteiger partial charge in [-0.3, -0.25) is 0 Å². The maximum absolute atomic E-state index is 9.91. The van der Waals surface area contributed by atoms with Crippen molar-refractivity contribution in [2.75, 3.05) is 12.8 Å². The molecule has 0 unspecified atom stereocenters. The highest BCUT2D eigenvalue weighted by Crippen LogP contribution is 2.48. The number of aromatic hydroxyl groups is 1. The minimum atomic E-state index is -0.155. The molecule has 0 bridgehead atoms. The first kappa shape index (κ1) is 18.1. The predicted molar refractivity (Wildman–Crippen MR) is 106 cm³/mol. The number of aromatic nitrogens is 2. The van der Waals surface area contributed by atoms with Crippen LogP contribution in [0.15, 0.2) is 48.8 Å². The molecule has 2 aromatic carbocycles. The Morgan fingerprint density at radius 3 is 2.64 bits per heavy atom. The highest BCUT2D eigenvalue weighted by molar-refractivity contribution is 5.62. The number of nitrogens with two attached hydrogens (primary N) is 1. The Kier molecular flexibility index (Phi) is 4.55. The summed E-state index contributed by atoms with van der Waals surface area (Å²) in [6.45, 7) is 5.05. The zero-order chi connectivity index (χ0) is 19.8. The van der Waals surface area contributed by atoms with Gasteiger partial charge < -0.3 is 20.3 Å². The van der Waals surface area contributed by atoms with Crippen molar-refractivity contribution < 1.29 is 19.1 Å². The number of hydrogen-bond donors (Lipinski definition) is 2. The topological polar surface area (TPSA) is 81.5 Å². The van der Waals surface area contributed by atoms with Gasteiger partial charge in [-0.1, -0.05) is 37.0 Å². The number of ether oxygens (including phenoxy) is 2. The van der Waals surface area contributed by atoms with Gasteiger partial charge in [0, 0.05) is 11.6 Å². The lowest BCUT2D eigenvalue weighted by atomic mass is 9.83. The molecule has 1 aliphatic rings. The van der Waals surface area contributed by atoms with Crippen LogP contribution in [-0.2, 0) is 6.54 Å². The normalized spacial score (nSPS) is 14.9. The third-order valence-electron chi connectivity index (χ3n) is 4.94. The van der Waals surface area contributed by atoms with E-state index < -0.39 is 0 Å². The molecular formula is C22H24N3O3+. The smallest absolute Gasteiger partial charge is 0.306 e. The Hall–Kier alpha value is -3.28. The second-order valence-corrected chi connectivity index (χ2v) is 7.43. The Bertz CT molecular complexity index is 1020. The summed E-state index contributed by atoms with van der Waals surface area (Å²) in [7, 11) is 1.65. The SMILES string of the molecule is COc1ccc([C@@H]2c3ccc(O)cc3Oc3nc[n+](CC(C)C)c(N)c32)cc1. The molecule has 0 spiro atoms. The number of methoxy groups -OCH3 is 1. The highest BCUT2D eigenvalue weighted by Gasteiger charge is 2.36.